The van der Waals surface area contributed by atoms with E-state index in [1.165, 1.54) is 6.33 Å². The maximum atomic E-state index is 10.6. The highest BCUT2D eigenvalue weighted by molar-refractivity contribution is 9.10. The minimum absolute atomic E-state index is 0.289. The zero-order chi connectivity index (χ0) is 9.97. The second-order valence-electron chi connectivity index (χ2n) is 2.63. The first-order chi connectivity index (χ1) is 6.83. The molecular formula is C9H6BrN3O. The molecule has 0 N–H and O–H groups in total. The Balaban J connectivity index is 2.60. The summed E-state index contributed by atoms with van der Waals surface area (Å²) in [5.41, 5.74) is 0.847. The van der Waals surface area contributed by atoms with Gasteiger partial charge in [0, 0.05) is 4.47 Å². The molecule has 0 aliphatic heterocycles. The molecule has 5 heteroatoms. The molecule has 0 spiro atoms. The van der Waals surface area contributed by atoms with Crippen LogP contribution in [0.4, 0.5) is 0 Å². The van der Waals surface area contributed by atoms with Crippen LogP contribution in [0.5, 0.6) is 0 Å². The van der Waals surface area contributed by atoms with E-state index >= 15 is 0 Å². The van der Waals surface area contributed by atoms with E-state index in [2.05, 4.69) is 26.1 Å². The van der Waals surface area contributed by atoms with Crippen LogP contribution in [0.1, 0.15) is 10.6 Å². The van der Waals surface area contributed by atoms with Gasteiger partial charge in [0.25, 0.3) is 0 Å². The van der Waals surface area contributed by atoms with E-state index in [0.717, 1.165) is 10.2 Å². The molecule has 0 aliphatic carbocycles. The van der Waals surface area contributed by atoms with Crippen molar-refractivity contribution >= 4 is 22.2 Å². The summed E-state index contributed by atoms with van der Waals surface area (Å²) in [7, 11) is 0. The summed E-state index contributed by atoms with van der Waals surface area (Å²) in [5.74, 6) is 0.289. The van der Waals surface area contributed by atoms with Crippen molar-refractivity contribution in [3.63, 3.8) is 0 Å². The average Bonchev–Trinajstić information content (AvgIpc) is 2.66. The van der Waals surface area contributed by atoms with E-state index in [1.807, 2.05) is 24.3 Å². The first-order valence-electron chi connectivity index (χ1n) is 3.93. The number of rotatable bonds is 2. The van der Waals surface area contributed by atoms with Crippen LogP contribution in [-0.4, -0.2) is 21.1 Å². The number of hydrogen-bond acceptors (Lipinski definition) is 3. The molecule has 0 amide bonds. The number of nitrogens with zero attached hydrogens (tertiary/aromatic N) is 3. The summed E-state index contributed by atoms with van der Waals surface area (Å²) < 4.78 is 2.51. The van der Waals surface area contributed by atoms with Crippen molar-refractivity contribution in [2.24, 2.45) is 0 Å². The summed E-state index contributed by atoms with van der Waals surface area (Å²) in [6.07, 6.45) is 2.18. The van der Waals surface area contributed by atoms with Crippen molar-refractivity contribution in [2.45, 2.75) is 0 Å². The Morgan fingerprint density at radius 1 is 1.36 bits per heavy atom. The molecule has 0 aliphatic rings. The van der Waals surface area contributed by atoms with Gasteiger partial charge in [-0.25, -0.2) is 0 Å². The smallest absolute Gasteiger partial charge is 0.201 e. The van der Waals surface area contributed by atoms with Gasteiger partial charge in [0.05, 0.1) is 5.69 Å². The fourth-order valence-electron chi connectivity index (χ4n) is 1.16. The number of hydrogen-bond donors (Lipinski definition) is 0. The zero-order valence-corrected chi connectivity index (χ0v) is 8.68. The molecule has 0 bridgehead atoms. The fraction of sp³-hybridized carbons (Fsp3) is 0. The molecule has 4 nitrogen and oxygen atoms in total. The normalized spacial score (nSPS) is 10.1. The highest BCUT2D eigenvalue weighted by Gasteiger charge is 2.06. The van der Waals surface area contributed by atoms with Crippen LogP contribution in [0, 0.1) is 0 Å². The van der Waals surface area contributed by atoms with Gasteiger partial charge in [-0.05, 0) is 28.1 Å². The maximum absolute atomic E-state index is 10.6. The number of aldehydes is 1. The predicted octanol–water partition coefficient (Wildman–Crippen LogP) is 1.84. The summed E-state index contributed by atoms with van der Waals surface area (Å²) in [6, 6.07) is 7.55. The summed E-state index contributed by atoms with van der Waals surface area (Å²) in [6.45, 7) is 0. The molecule has 0 saturated carbocycles. The third-order valence-electron chi connectivity index (χ3n) is 1.79. The lowest BCUT2D eigenvalue weighted by Gasteiger charge is -2.04. The van der Waals surface area contributed by atoms with Crippen molar-refractivity contribution in [3.8, 4) is 5.69 Å². The summed E-state index contributed by atoms with van der Waals surface area (Å²) in [5, 5.41) is 7.35. The van der Waals surface area contributed by atoms with Crippen molar-refractivity contribution in [3.05, 3.63) is 40.9 Å². The van der Waals surface area contributed by atoms with Crippen LogP contribution in [0.15, 0.2) is 35.1 Å². The largest absolute Gasteiger partial charge is 0.294 e. The van der Waals surface area contributed by atoms with Crippen molar-refractivity contribution < 1.29 is 4.79 Å². The average molecular weight is 252 g/mol. The Labute approximate surface area is 88.7 Å². The standard InChI is InChI=1S/C9H6BrN3O/c10-7-3-1-2-4-8(7)13-6-11-12-9(13)5-14/h1-6H. The van der Waals surface area contributed by atoms with Gasteiger partial charge in [-0.2, -0.15) is 0 Å². The van der Waals surface area contributed by atoms with Gasteiger partial charge in [-0.3, -0.25) is 9.36 Å². The molecular weight excluding hydrogens is 246 g/mol. The zero-order valence-electron chi connectivity index (χ0n) is 7.09. The second kappa shape index (κ2) is 3.71. The third kappa shape index (κ3) is 1.46. The minimum Gasteiger partial charge on any atom is -0.294 e. The Morgan fingerprint density at radius 3 is 2.86 bits per heavy atom. The van der Waals surface area contributed by atoms with Gasteiger partial charge in [-0.1, -0.05) is 12.1 Å². The number of aromatic nitrogens is 3. The molecule has 1 aromatic heterocycles. The Kier molecular flexibility index (Phi) is 2.41. The number of carbonyl (C=O) groups excluding carboxylic acids is 1. The quantitative estimate of drug-likeness (QED) is 0.766. The first-order valence-corrected chi connectivity index (χ1v) is 4.72. The topological polar surface area (TPSA) is 47.8 Å². The Bertz CT molecular complexity index is 467. The summed E-state index contributed by atoms with van der Waals surface area (Å²) in [4.78, 5) is 10.6. The number of carbonyl (C=O) groups is 1. The molecule has 2 aromatic rings. The Hall–Kier alpha value is -1.49. The molecule has 0 saturated heterocycles. The van der Waals surface area contributed by atoms with E-state index in [9.17, 15) is 4.79 Å². The molecule has 2 rings (SSSR count). The first kappa shape index (κ1) is 9.08. The lowest BCUT2D eigenvalue weighted by atomic mass is 10.3. The van der Waals surface area contributed by atoms with Crippen LogP contribution in [0.25, 0.3) is 5.69 Å². The van der Waals surface area contributed by atoms with Crippen LogP contribution >= 0.6 is 15.9 Å². The highest BCUT2D eigenvalue weighted by atomic mass is 79.9. The number of para-hydroxylation sites is 1. The van der Waals surface area contributed by atoms with E-state index in [-0.39, 0.29) is 5.82 Å². The molecule has 14 heavy (non-hydrogen) atoms. The predicted molar refractivity (Wildman–Crippen MR) is 54.4 cm³/mol. The van der Waals surface area contributed by atoms with Crippen LogP contribution < -0.4 is 0 Å². The minimum atomic E-state index is 0.289. The van der Waals surface area contributed by atoms with Crippen molar-refractivity contribution in [2.75, 3.05) is 0 Å². The number of halogens is 1. The van der Waals surface area contributed by atoms with Gasteiger partial charge in [0.2, 0.25) is 5.82 Å². The van der Waals surface area contributed by atoms with E-state index in [1.54, 1.807) is 4.57 Å². The molecule has 1 heterocycles. The number of benzene rings is 1. The maximum Gasteiger partial charge on any atom is 0.201 e. The van der Waals surface area contributed by atoms with E-state index in [4.69, 9.17) is 0 Å². The SMILES string of the molecule is O=Cc1nncn1-c1ccccc1Br. The molecule has 1 aromatic carbocycles. The highest BCUT2D eigenvalue weighted by Crippen LogP contribution is 2.20. The van der Waals surface area contributed by atoms with Crippen LogP contribution in [0.3, 0.4) is 0 Å². The van der Waals surface area contributed by atoms with E-state index < -0.39 is 0 Å². The van der Waals surface area contributed by atoms with Crippen LogP contribution in [-0.2, 0) is 0 Å². The monoisotopic (exact) mass is 251 g/mol. The van der Waals surface area contributed by atoms with Crippen molar-refractivity contribution in [1.29, 1.82) is 0 Å². The van der Waals surface area contributed by atoms with Gasteiger partial charge in [0.15, 0.2) is 6.29 Å². The van der Waals surface area contributed by atoms with Crippen LogP contribution in [0.2, 0.25) is 0 Å². The van der Waals surface area contributed by atoms with Gasteiger partial charge in [-0.15, -0.1) is 10.2 Å². The second-order valence-corrected chi connectivity index (χ2v) is 3.48. The molecule has 0 radical (unpaired) electrons. The molecule has 0 fully saturated rings. The Morgan fingerprint density at radius 2 is 2.14 bits per heavy atom. The van der Waals surface area contributed by atoms with Gasteiger partial charge in [0.1, 0.15) is 6.33 Å². The molecule has 0 atom stereocenters. The lowest BCUT2D eigenvalue weighted by Crippen LogP contribution is -1.99. The molecule has 0 unspecified atom stereocenters. The fourth-order valence-corrected chi connectivity index (χ4v) is 1.63. The lowest BCUT2D eigenvalue weighted by molar-refractivity contribution is 0.111. The molecule has 70 valence electrons. The van der Waals surface area contributed by atoms with E-state index in [0.29, 0.717) is 6.29 Å². The van der Waals surface area contributed by atoms with Gasteiger partial charge < -0.3 is 0 Å². The third-order valence-corrected chi connectivity index (χ3v) is 2.46. The summed E-state index contributed by atoms with van der Waals surface area (Å²) >= 11 is 3.39. The van der Waals surface area contributed by atoms with Gasteiger partial charge >= 0.3 is 0 Å². The van der Waals surface area contributed by atoms with Crippen molar-refractivity contribution in [1.82, 2.24) is 14.8 Å².